The lowest BCUT2D eigenvalue weighted by atomic mass is 10.1. The minimum absolute atomic E-state index is 0.825. The monoisotopic (exact) mass is 305 g/mol. The van der Waals surface area contributed by atoms with E-state index in [0.29, 0.717) is 0 Å². The van der Waals surface area contributed by atoms with Crippen LogP contribution in [0.25, 0.3) is 6.08 Å². The Morgan fingerprint density at radius 1 is 1.18 bits per heavy atom. The van der Waals surface area contributed by atoms with Gasteiger partial charge in [0.2, 0.25) is 0 Å². The van der Waals surface area contributed by atoms with Crippen molar-refractivity contribution in [3.8, 4) is 5.75 Å². The molecule has 0 aliphatic carbocycles. The highest BCUT2D eigenvalue weighted by Crippen LogP contribution is 2.37. The van der Waals surface area contributed by atoms with Crippen LogP contribution in [0.3, 0.4) is 0 Å². The predicted octanol–water partition coefficient (Wildman–Crippen LogP) is 4.13. The third-order valence-electron chi connectivity index (χ3n) is 3.16. The number of rotatable bonds is 4. The molecule has 22 heavy (non-hydrogen) atoms. The number of methoxy groups -OCH3 is 1. The molecule has 0 radical (unpaired) electrons. The summed E-state index contributed by atoms with van der Waals surface area (Å²) < 4.78 is 5.34. The van der Waals surface area contributed by atoms with Gasteiger partial charge in [0, 0.05) is 37.8 Å². The maximum atomic E-state index is 5.34. The molecule has 124 valence electrons. The first-order chi connectivity index (χ1) is 10.8. The van der Waals surface area contributed by atoms with Crippen molar-refractivity contribution in [1.82, 2.24) is 5.32 Å². The van der Waals surface area contributed by atoms with Gasteiger partial charge in [0.25, 0.3) is 0 Å². The van der Waals surface area contributed by atoms with Gasteiger partial charge in [-0.15, -0.1) is 0 Å². The van der Waals surface area contributed by atoms with Gasteiger partial charge < -0.3 is 15.0 Å². The molecule has 4 nitrogen and oxygen atoms in total. The molecule has 0 atom stereocenters. The van der Waals surface area contributed by atoms with Crippen molar-refractivity contribution in [3.63, 3.8) is 0 Å². The Balaban J connectivity index is 0.00000102. The molecule has 1 aliphatic heterocycles. The summed E-state index contributed by atoms with van der Waals surface area (Å²) in [6.07, 6.45) is 1.79. The molecule has 1 saturated heterocycles. The zero-order chi connectivity index (χ0) is 17.0. The first-order valence-corrected chi connectivity index (χ1v) is 8.07. The first kappa shape index (κ1) is 20.2. The SMILES string of the molecule is C=Cc1cc(OC)cc(N2CCNCC2)c1N=C.CC.CC. The molecule has 1 aromatic rings. The van der Waals surface area contributed by atoms with Gasteiger partial charge in [-0.25, -0.2) is 0 Å². The number of ether oxygens (including phenoxy) is 1. The van der Waals surface area contributed by atoms with Crippen molar-refractivity contribution in [1.29, 1.82) is 0 Å². The van der Waals surface area contributed by atoms with Crippen molar-refractivity contribution < 1.29 is 4.74 Å². The Kier molecular flexibility index (Phi) is 10.8. The van der Waals surface area contributed by atoms with Gasteiger partial charge in [0.1, 0.15) is 5.75 Å². The Hall–Kier alpha value is -1.81. The second-order valence-electron chi connectivity index (χ2n) is 4.18. The van der Waals surface area contributed by atoms with Crippen LogP contribution in [0.2, 0.25) is 0 Å². The highest BCUT2D eigenvalue weighted by molar-refractivity contribution is 5.80. The molecular weight excluding hydrogens is 274 g/mol. The molecule has 1 heterocycles. The Bertz CT molecular complexity index is 452. The molecule has 1 fully saturated rings. The van der Waals surface area contributed by atoms with E-state index >= 15 is 0 Å². The molecule has 0 amide bonds. The van der Waals surface area contributed by atoms with E-state index < -0.39 is 0 Å². The van der Waals surface area contributed by atoms with E-state index in [-0.39, 0.29) is 0 Å². The van der Waals surface area contributed by atoms with E-state index in [1.54, 1.807) is 13.2 Å². The summed E-state index contributed by atoms with van der Waals surface area (Å²) in [5.74, 6) is 0.825. The standard InChI is InChI=1S/C14H19N3O.2C2H6/c1-4-11-9-12(18-3)10-13(14(11)15-2)17-7-5-16-6-8-17;2*1-2/h4,9-10,16H,1-2,5-8H2,3H3;2*1-2H3. The quantitative estimate of drug-likeness (QED) is 0.850. The second-order valence-corrected chi connectivity index (χ2v) is 4.18. The second kappa shape index (κ2) is 11.8. The van der Waals surface area contributed by atoms with Crippen LogP contribution in [0.15, 0.2) is 23.7 Å². The van der Waals surface area contributed by atoms with Crippen LogP contribution in [0.5, 0.6) is 5.75 Å². The molecule has 0 saturated carbocycles. The Morgan fingerprint density at radius 2 is 1.77 bits per heavy atom. The van der Waals surface area contributed by atoms with Crippen molar-refractivity contribution in [2.24, 2.45) is 4.99 Å². The topological polar surface area (TPSA) is 36.9 Å². The highest BCUT2D eigenvalue weighted by Gasteiger charge is 2.17. The molecule has 0 spiro atoms. The number of hydrogen-bond donors (Lipinski definition) is 1. The molecule has 2 rings (SSSR count). The zero-order valence-corrected chi connectivity index (χ0v) is 14.8. The normalized spacial score (nSPS) is 13.0. The number of aliphatic imine (C=N–C) groups is 1. The first-order valence-electron chi connectivity index (χ1n) is 8.07. The van der Waals surface area contributed by atoms with E-state index in [1.165, 1.54) is 0 Å². The van der Waals surface area contributed by atoms with Gasteiger partial charge in [-0.1, -0.05) is 40.3 Å². The maximum absolute atomic E-state index is 5.34. The summed E-state index contributed by atoms with van der Waals surface area (Å²) >= 11 is 0. The number of nitrogens with one attached hydrogen (secondary N) is 1. The third-order valence-corrected chi connectivity index (χ3v) is 3.16. The van der Waals surface area contributed by atoms with Crippen LogP contribution in [-0.2, 0) is 0 Å². The fourth-order valence-electron chi connectivity index (χ4n) is 2.21. The molecule has 0 unspecified atom stereocenters. The number of hydrogen-bond acceptors (Lipinski definition) is 4. The van der Waals surface area contributed by atoms with Crippen LogP contribution in [0.1, 0.15) is 33.3 Å². The van der Waals surface area contributed by atoms with Gasteiger partial charge in [-0.05, 0) is 12.8 Å². The molecule has 1 N–H and O–H groups in total. The van der Waals surface area contributed by atoms with Crippen molar-refractivity contribution in [3.05, 3.63) is 24.3 Å². The van der Waals surface area contributed by atoms with Crippen molar-refractivity contribution in [2.45, 2.75) is 27.7 Å². The van der Waals surface area contributed by atoms with Gasteiger partial charge in [0.05, 0.1) is 18.5 Å². The number of nitrogens with zero attached hydrogens (tertiary/aromatic N) is 2. The predicted molar refractivity (Wildman–Crippen MR) is 100 cm³/mol. The fraction of sp³-hybridized carbons (Fsp3) is 0.500. The lowest BCUT2D eigenvalue weighted by molar-refractivity contribution is 0.414. The van der Waals surface area contributed by atoms with Gasteiger partial charge >= 0.3 is 0 Å². The minimum atomic E-state index is 0.825. The Morgan fingerprint density at radius 3 is 2.23 bits per heavy atom. The summed E-state index contributed by atoms with van der Waals surface area (Å²) in [4.78, 5) is 6.45. The number of piperazine rings is 1. The van der Waals surface area contributed by atoms with Gasteiger partial charge in [0.15, 0.2) is 0 Å². The van der Waals surface area contributed by atoms with Crippen LogP contribution in [0.4, 0.5) is 11.4 Å². The van der Waals surface area contributed by atoms with E-state index in [2.05, 4.69) is 28.5 Å². The molecule has 0 bridgehead atoms. The number of benzene rings is 1. The number of anilines is 1. The average Bonchev–Trinajstić information content (AvgIpc) is 2.64. The molecule has 1 aromatic carbocycles. The molecule has 1 aliphatic rings. The summed E-state index contributed by atoms with van der Waals surface area (Å²) in [5, 5.41) is 3.34. The van der Waals surface area contributed by atoms with Gasteiger partial charge in [-0.3, -0.25) is 4.99 Å². The average molecular weight is 305 g/mol. The maximum Gasteiger partial charge on any atom is 0.121 e. The lowest BCUT2D eigenvalue weighted by Gasteiger charge is -2.31. The highest BCUT2D eigenvalue weighted by atomic mass is 16.5. The summed E-state index contributed by atoms with van der Waals surface area (Å²) in [5.41, 5.74) is 2.91. The van der Waals surface area contributed by atoms with Crippen molar-refractivity contribution >= 4 is 24.2 Å². The largest absolute Gasteiger partial charge is 0.497 e. The minimum Gasteiger partial charge on any atom is -0.497 e. The molecular formula is C18H31N3O. The van der Waals surface area contributed by atoms with E-state index in [0.717, 1.165) is 48.9 Å². The summed E-state index contributed by atoms with van der Waals surface area (Å²) in [6.45, 7) is 19.4. The smallest absolute Gasteiger partial charge is 0.121 e. The van der Waals surface area contributed by atoms with E-state index in [4.69, 9.17) is 4.74 Å². The third kappa shape index (κ3) is 5.19. The van der Waals surface area contributed by atoms with Crippen molar-refractivity contribution in [2.75, 3.05) is 38.2 Å². The van der Waals surface area contributed by atoms with Crippen LogP contribution in [0, 0.1) is 0 Å². The lowest BCUT2D eigenvalue weighted by Crippen LogP contribution is -2.43. The van der Waals surface area contributed by atoms with Crippen LogP contribution in [-0.4, -0.2) is 40.0 Å². The molecule has 4 heteroatoms. The fourth-order valence-corrected chi connectivity index (χ4v) is 2.21. The Labute approximate surface area is 135 Å². The summed E-state index contributed by atoms with van der Waals surface area (Å²) in [7, 11) is 1.67. The van der Waals surface area contributed by atoms with Crippen LogP contribution >= 0.6 is 0 Å². The molecule has 0 aromatic heterocycles. The van der Waals surface area contributed by atoms with E-state index in [1.807, 2.05) is 39.8 Å². The zero-order valence-electron chi connectivity index (χ0n) is 14.8. The summed E-state index contributed by atoms with van der Waals surface area (Å²) in [6, 6.07) is 3.95. The van der Waals surface area contributed by atoms with Gasteiger partial charge in [-0.2, -0.15) is 0 Å². The van der Waals surface area contributed by atoms with Crippen LogP contribution < -0.4 is 15.0 Å². The van der Waals surface area contributed by atoms with E-state index in [9.17, 15) is 0 Å².